The van der Waals surface area contributed by atoms with Crippen LogP contribution in [0.2, 0.25) is 0 Å². The number of fused-ring (bicyclic) bond motifs is 8. The quantitative estimate of drug-likeness (QED) is 0.0886. The van der Waals surface area contributed by atoms with Crippen LogP contribution in [0.15, 0.2) is 231 Å². The Morgan fingerprint density at radius 3 is 1.08 bits per heavy atom. The van der Waals surface area contributed by atoms with Crippen LogP contribution in [0.25, 0.3) is 86.9 Å². The Balaban J connectivity index is 0.000000138. The number of benzene rings is 10. The van der Waals surface area contributed by atoms with Crippen LogP contribution in [0.5, 0.6) is 0 Å². The van der Waals surface area contributed by atoms with Crippen LogP contribution in [0, 0.1) is 0 Å². The van der Waals surface area contributed by atoms with E-state index in [9.17, 15) is 0 Å². The molecule has 4 heteroatoms. The second kappa shape index (κ2) is 21.2. The molecule has 0 atom stereocenters. The molecule has 0 aliphatic rings. The topological polar surface area (TPSA) is 0 Å². The molecule has 0 aliphatic heterocycles. The van der Waals surface area contributed by atoms with Gasteiger partial charge in [-0.05, 0) is 79.2 Å². The number of hydrogen-bond donors (Lipinski definition) is 0. The van der Waals surface area contributed by atoms with Crippen LogP contribution in [-0.2, 0) is 36.2 Å². The molecule has 0 saturated heterocycles. The van der Waals surface area contributed by atoms with Crippen LogP contribution in [0.3, 0.4) is 0 Å². The second-order valence-electron chi connectivity index (χ2n) is 16.5. The van der Waals surface area contributed by atoms with Crippen molar-refractivity contribution in [3.8, 4) is 22.3 Å². The van der Waals surface area contributed by atoms with Gasteiger partial charge in [-0.15, -0.1) is 69.1 Å². The van der Waals surface area contributed by atoms with Crippen LogP contribution in [0.1, 0.15) is 25.0 Å². The van der Waals surface area contributed by atoms with Gasteiger partial charge in [0, 0.05) is 0 Å². The summed E-state index contributed by atoms with van der Waals surface area (Å²) in [5.41, 5.74) is 7.68. The van der Waals surface area contributed by atoms with Crippen molar-refractivity contribution in [2.45, 2.75) is 26.7 Å². The normalized spacial score (nSPS) is 10.8. The number of halogens is 2. The van der Waals surface area contributed by atoms with Crippen molar-refractivity contribution in [3.63, 3.8) is 0 Å². The van der Waals surface area contributed by atoms with Crippen molar-refractivity contribution in [2.24, 2.45) is 0 Å². The average molecular weight is 983 g/mol. The van der Waals surface area contributed by atoms with Crippen molar-refractivity contribution < 1.29 is 48.1 Å². The number of hydrogen-bond acceptors (Lipinski definition) is 0. The molecule has 0 N–H and O–H groups in total. The van der Waals surface area contributed by atoms with Gasteiger partial charge in [0.15, 0.2) is 0 Å². The summed E-state index contributed by atoms with van der Waals surface area (Å²) >= 11 is 1.64. The van der Waals surface area contributed by atoms with E-state index in [0.29, 0.717) is 0 Å². The molecule has 0 spiro atoms. The molecule has 0 amide bonds. The van der Waals surface area contributed by atoms with Gasteiger partial charge in [-0.25, -0.2) is 0 Å². The SMILES string of the molecule is CCc1cc2c(-c3cc4ccccc4c4ccccc34)cccc2[cH-]1.CCc1cc2c(-c3cc4ccccc4c4ccccc34)cccc2[cH-]1.[Cl-].[Cl-].[Zr+2]=[Si](c1ccccc1)c1ccccc1. The molecule has 0 radical (unpaired) electrons. The van der Waals surface area contributed by atoms with Gasteiger partial charge < -0.3 is 24.8 Å². The molecule has 0 heterocycles. The Labute approximate surface area is 415 Å². The van der Waals surface area contributed by atoms with E-state index in [1.54, 1.807) is 23.3 Å². The standard InChI is InChI=1S/2C25H19.C12H10Si.2ClH.Zr/c2*1-2-17-14-18-9-7-13-23(24(18)15-17)25-16-19-8-3-4-10-20(19)21-11-5-6-12-22(21)25;1-3-7-11(8-4-1)13-12-9-5-2-6-10-12;;;/h2*3-16H,2H2,1H3;1-10H;2*1H;/q2*-1;;;;+2/p-2. The summed E-state index contributed by atoms with van der Waals surface area (Å²) in [5, 5.41) is 19.0. The van der Waals surface area contributed by atoms with E-state index in [-0.39, 0.29) is 24.8 Å². The first-order chi connectivity index (χ1) is 31.6. The van der Waals surface area contributed by atoms with E-state index in [2.05, 4.69) is 244 Å². The second-order valence-corrected chi connectivity index (χ2v) is 22.1. The molecule has 0 saturated carbocycles. The van der Waals surface area contributed by atoms with Crippen molar-refractivity contribution in [1.29, 1.82) is 0 Å². The average Bonchev–Trinajstić information content (AvgIpc) is 4.01. The van der Waals surface area contributed by atoms with Crippen molar-refractivity contribution in [3.05, 3.63) is 242 Å². The van der Waals surface area contributed by atoms with E-state index in [0.717, 1.165) is 12.8 Å². The number of rotatable bonds is 6. The maximum absolute atomic E-state index is 2.36. The van der Waals surface area contributed by atoms with Gasteiger partial charge in [0.2, 0.25) is 0 Å². The fourth-order valence-corrected chi connectivity index (χ4v) is 13.2. The van der Waals surface area contributed by atoms with E-state index >= 15 is 0 Å². The maximum atomic E-state index is 2.36. The van der Waals surface area contributed by atoms with Gasteiger partial charge in [-0.1, -0.05) is 134 Å². The minimum atomic E-state index is -0.455. The van der Waals surface area contributed by atoms with Crippen LogP contribution in [-0.4, -0.2) is 5.43 Å². The van der Waals surface area contributed by atoms with Crippen LogP contribution < -0.4 is 35.2 Å². The van der Waals surface area contributed by atoms with E-state index in [4.69, 9.17) is 0 Å². The third kappa shape index (κ3) is 9.40. The van der Waals surface area contributed by atoms with Gasteiger partial charge in [-0.2, -0.15) is 12.1 Å². The monoisotopic (exact) mass is 980 g/mol. The van der Waals surface area contributed by atoms with E-state index < -0.39 is 5.43 Å². The zero-order valence-corrected chi connectivity index (χ0v) is 42.1. The minimum absolute atomic E-state index is 0. The summed E-state index contributed by atoms with van der Waals surface area (Å²) < 4.78 is 0. The van der Waals surface area contributed by atoms with Crippen molar-refractivity contribution >= 4 is 80.4 Å². The summed E-state index contributed by atoms with van der Waals surface area (Å²) in [6.45, 7) is 4.44. The molecular weight excluding hydrogens is 935 g/mol. The molecule has 320 valence electrons. The van der Waals surface area contributed by atoms with Gasteiger partial charge in [0.25, 0.3) is 0 Å². The van der Waals surface area contributed by atoms with Gasteiger partial charge in [0.1, 0.15) is 0 Å². The first kappa shape index (κ1) is 46.7. The van der Waals surface area contributed by atoms with Crippen LogP contribution >= 0.6 is 0 Å². The summed E-state index contributed by atoms with van der Waals surface area (Å²) in [5.74, 6) is 0. The molecule has 12 aromatic rings. The zero-order valence-electron chi connectivity index (χ0n) is 37.1. The Kier molecular flexibility index (Phi) is 15.0. The van der Waals surface area contributed by atoms with E-state index in [1.807, 2.05) is 0 Å². The molecule has 0 fully saturated rings. The molecular formula is C62H48Cl2SiZr-2. The Hall–Kier alpha value is -5.86. The van der Waals surface area contributed by atoms with Gasteiger partial charge in [-0.3, -0.25) is 0 Å². The number of aryl methyl sites for hydroxylation is 2. The summed E-state index contributed by atoms with van der Waals surface area (Å²) in [7, 11) is 0. The molecule has 0 unspecified atom stereocenters. The fourth-order valence-electron chi connectivity index (χ4n) is 9.40. The fraction of sp³-hybridized carbons (Fsp3) is 0.0645. The van der Waals surface area contributed by atoms with E-state index in [1.165, 1.54) is 108 Å². The molecule has 0 nitrogen and oxygen atoms in total. The Morgan fingerprint density at radius 2 is 0.682 bits per heavy atom. The van der Waals surface area contributed by atoms with Crippen molar-refractivity contribution in [2.75, 3.05) is 0 Å². The molecule has 12 rings (SSSR count). The summed E-state index contributed by atoms with van der Waals surface area (Å²) in [6.07, 6.45) is 2.15. The summed E-state index contributed by atoms with van der Waals surface area (Å²) in [6, 6.07) is 84.0. The van der Waals surface area contributed by atoms with Gasteiger partial charge in [0.05, 0.1) is 0 Å². The first-order valence-electron chi connectivity index (χ1n) is 22.5. The van der Waals surface area contributed by atoms with Crippen molar-refractivity contribution in [1.82, 2.24) is 0 Å². The predicted octanol–water partition coefficient (Wildman–Crippen LogP) is 9.54. The predicted molar refractivity (Wildman–Crippen MR) is 277 cm³/mol. The van der Waals surface area contributed by atoms with Crippen LogP contribution in [0.4, 0.5) is 0 Å². The molecule has 0 aromatic heterocycles. The Bertz CT molecular complexity index is 3370. The van der Waals surface area contributed by atoms with Gasteiger partial charge >= 0.3 is 99.8 Å². The third-order valence-corrected chi connectivity index (χ3v) is 18.8. The molecule has 0 bridgehead atoms. The zero-order chi connectivity index (χ0) is 43.4. The molecule has 66 heavy (non-hydrogen) atoms. The first-order valence-corrected chi connectivity index (χ1v) is 27.6. The Morgan fingerprint density at radius 1 is 0.333 bits per heavy atom. The third-order valence-electron chi connectivity index (χ3n) is 12.7. The molecule has 12 aromatic carbocycles. The summed E-state index contributed by atoms with van der Waals surface area (Å²) in [4.78, 5) is 0. The molecule has 0 aliphatic carbocycles.